The first-order valence-corrected chi connectivity index (χ1v) is 7.52. The molecule has 4 nitrogen and oxygen atoms in total. The second kappa shape index (κ2) is 7.85. The van der Waals surface area contributed by atoms with Crippen LogP contribution in [0, 0.1) is 5.41 Å². The molecule has 0 heterocycles. The fourth-order valence-electron chi connectivity index (χ4n) is 2.52. The Hall–Kier alpha value is -0.610. The lowest BCUT2D eigenvalue weighted by molar-refractivity contribution is -0.140. The molecule has 0 amide bonds. The number of carbonyl (C=O) groups is 1. The van der Waals surface area contributed by atoms with Crippen LogP contribution in [0.25, 0.3) is 0 Å². The number of aliphatic carboxylic acids is 1. The van der Waals surface area contributed by atoms with Crippen molar-refractivity contribution in [3.8, 4) is 0 Å². The summed E-state index contributed by atoms with van der Waals surface area (Å²) < 4.78 is 5.83. The summed E-state index contributed by atoms with van der Waals surface area (Å²) in [5.41, 5.74) is 0.451. The van der Waals surface area contributed by atoms with Gasteiger partial charge in [0.1, 0.15) is 6.04 Å². The zero-order chi connectivity index (χ0) is 14.3. The topological polar surface area (TPSA) is 58.6 Å². The van der Waals surface area contributed by atoms with Gasteiger partial charge in [-0.15, -0.1) is 0 Å². The molecule has 1 aliphatic rings. The fourth-order valence-corrected chi connectivity index (χ4v) is 2.52. The standard InChI is InChI=1S/C15H29NO3/c1-4-10-16-13(14(17)18)7-11-19-12-5-8-15(2,3)9-6-12/h12-13,16H,4-11H2,1-3H3,(H,17,18). The van der Waals surface area contributed by atoms with Gasteiger partial charge in [-0.2, -0.15) is 0 Å². The van der Waals surface area contributed by atoms with E-state index in [0.29, 0.717) is 24.5 Å². The molecule has 1 saturated carbocycles. The summed E-state index contributed by atoms with van der Waals surface area (Å²) in [5.74, 6) is -0.776. The number of nitrogens with one attached hydrogen (secondary N) is 1. The number of ether oxygens (including phenoxy) is 1. The van der Waals surface area contributed by atoms with Gasteiger partial charge >= 0.3 is 5.97 Å². The lowest BCUT2D eigenvalue weighted by atomic mass is 9.76. The van der Waals surface area contributed by atoms with Gasteiger partial charge in [-0.25, -0.2) is 0 Å². The van der Waals surface area contributed by atoms with Crippen molar-refractivity contribution in [2.45, 2.75) is 71.4 Å². The van der Waals surface area contributed by atoms with Crippen molar-refractivity contribution in [1.29, 1.82) is 0 Å². The van der Waals surface area contributed by atoms with Crippen LogP contribution >= 0.6 is 0 Å². The van der Waals surface area contributed by atoms with Crippen molar-refractivity contribution in [2.24, 2.45) is 5.41 Å². The van der Waals surface area contributed by atoms with E-state index in [2.05, 4.69) is 19.2 Å². The largest absolute Gasteiger partial charge is 0.480 e. The van der Waals surface area contributed by atoms with Gasteiger partial charge in [0, 0.05) is 6.61 Å². The molecule has 0 saturated heterocycles. The Balaban J connectivity index is 2.19. The van der Waals surface area contributed by atoms with E-state index in [1.54, 1.807) is 0 Å². The maximum Gasteiger partial charge on any atom is 0.320 e. The van der Waals surface area contributed by atoms with Gasteiger partial charge in [0.25, 0.3) is 0 Å². The molecule has 19 heavy (non-hydrogen) atoms. The molecule has 0 spiro atoms. The monoisotopic (exact) mass is 271 g/mol. The second-order valence-electron chi connectivity index (χ2n) is 6.37. The molecule has 2 N–H and O–H groups in total. The maximum atomic E-state index is 11.1. The first-order chi connectivity index (χ1) is 8.94. The highest BCUT2D eigenvalue weighted by Gasteiger charge is 2.27. The first kappa shape index (κ1) is 16.4. The zero-order valence-electron chi connectivity index (χ0n) is 12.6. The van der Waals surface area contributed by atoms with E-state index in [9.17, 15) is 4.79 Å². The molecule has 112 valence electrons. The lowest BCUT2D eigenvalue weighted by Gasteiger charge is -2.34. The van der Waals surface area contributed by atoms with Gasteiger partial charge in [-0.05, 0) is 50.5 Å². The van der Waals surface area contributed by atoms with Gasteiger partial charge in [0.2, 0.25) is 0 Å². The van der Waals surface area contributed by atoms with Gasteiger partial charge in [0.05, 0.1) is 6.10 Å². The summed E-state index contributed by atoms with van der Waals surface area (Å²) >= 11 is 0. The van der Waals surface area contributed by atoms with Crippen LogP contribution in [0.2, 0.25) is 0 Å². The highest BCUT2D eigenvalue weighted by Crippen LogP contribution is 2.36. The third-order valence-corrected chi connectivity index (χ3v) is 3.99. The SMILES string of the molecule is CCCNC(CCOC1CCC(C)(C)CC1)C(=O)O. The van der Waals surface area contributed by atoms with Crippen LogP contribution in [0.3, 0.4) is 0 Å². The van der Waals surface area contributed by atoms with Crippen molar-refractivity contribution < 1.29 is 14.6 Å². The van der Waals surface area contributed by atoms with E-state index in [4.69, 9.17) is 9.84 Å². The van der Waals surface area contributed by atoms with E-state index in [1.807, 2.05) is 6.92 Å². The summed E-state index contributed by atoms with van der Waals surface area (Å²) in [6, 6.07) is -0.472. The van der Waals surface area contributed by atoms with Crippen molar-refractivity contribution in [3.05, 3.63) is 0 Å². The normalized spacial score (nSPS) is 21.2. The minimum Gasteiger partial charge on any atom is -0.480 e. The number of hydrogen-bond acceptors (Lipinski definition) is 3. The molecule has 1 atom stereocenters. The number of carboxylic acid groups (broad SMARTS) is 1. The van der Waals surface area contributed by atoms with Crippen molar-refractivity contribution in [3.63, 3.8) is 0 Å². The van der Waals surface area contributed by atoms with Crippen LogP contribution < -0.4 is 5.32 Å². The van der Waals surface area contributed by atoms with Crippen LogP contribution in [0.15, 0.2) is 0 Å². The third kappa shape index (κ3) is 6.39. The fraction of sp³-hybridized carbons (Fsp3) is 0.933. The Morgan fingerprint density at radius 3 is 2.58 bits per heavy atom. The Kier molecular flexibility index (Phi) is 6.80. The summed E-state index contributed by atoms with van der Waals surface area (Å²) in [4.78, 5) is 11.1. The molecule has 0 aromatic carbocycles. The summed E-state index contributed by atoms with van der Waals surface area (Å²) in [6.45, 7) is 7.93. The van der Waals surface area contributed by atoms with Gasteiger partial charge < -0.3 is 15.2 Å². The van der Waals surface area contributed by atoms with E-state index in [-0.39, 0.29) is 0 Å². The van der Waals surface area contributed by atoms with E-state index >= 15 is 0 Å². The number of rotatable bonds is 8. The second-order valence-corrected chi connectivity index (χ2v) is 6.37. The highest BCUT2D eigenvalue weighted by molar-refractivity contribution is 5.73. The van der Waals surface area contributed by atoms with E-state index in [1.165, 1.54) is 12.8 Å². The Labute approximate surface area is 116 Å². The van der Waals surface area contributed by atoms with Crippen molar-refractivity contribution in [1.82, 2.24) is 5.32 Å². The lowest BCUT2D eigenvalue weighted by Crippen LogP contribution is -2.38. The van der Waals surface area contributed by atoms with Gasteiger partial charge in [-0.3, -0.25) is 4.79 Å². The van der Waals surface area contributed by atoms with Crippen LogP contribution in [0.4, 0.5) is 0 Å². The molecule has 1 fully saturated rings. The number of hydrogen-bond donors (Lipinski definition) is 2. The van der Waals surface area contributed by atoms with Crippen LogP contribution in [-0.2, 0) is 9.53 Å². The highest BCUT2D eigenvalue weighted by atomic mass is 16.5. The van der Waals surface area contributed by atoms with Crippen LogP contribution in [0.1, 0.15) is 59.3 Å². The molecule has 1 aliphatic carbocycles. The molecule has 1 unspecified atom stereocenters. The average molecular weight is 271 g/mol. The minimum absolute atomic E-state index is 0.327. The van der Waals surface area contributed by atoms with E-state index < -0.39 is 12.0 Å². The van der Waals surface area contributed by atoms with Gasteiger partial charge in [-0.1, -0.05) is 20.8 Å². The summed E-state index contributed by atoms with van der Waals surface area (Å²) in [7, 11) is 0. The Bertz CT molecular complexity index is 269. The maximum absolute atomic E-state index is 11.1. The Morgan fingerprint density at radius 2 is 2.05 bits per heavy atom. The number of carboxylic acids is 1. The molecule has 0 radical (unpaired) electrons. The predicted octanol–water partition coefficient (Wildman–Crippen LogP) is 2.81. The quantitative estimate of drug-likeness (QED) is 0.712. The van der Waals surface area contributed by atoms with E-state index in [0.717, 1.165) is 25.8 Å². The van der Waals surface area contributed by atoms with Crippen LogP contribution in [-0.4, -0.2) is 36.4 Å². The summed E-state index contributed by atoms with van der Waals surface area (Å²) in [6.07, 6.45) is 6.44. The third-order valence-electron chi connectivity index (χ3n) is 3.99. The zero-order valence-corrected chi connectivity index (χ0v) is 12.6. The molecule has 1 rings (SSSR count). The average Bonchev–Trinajstić information content (AvgIpc) is 2.35. The molecule has 0 aromatic rings. The predicted molar refractivity (Wildman–Crippen MR) is 76.3 cm³/mol. The smallest absolute Gasteiger partial charge is 0.320 e. The van der Waals surface area contributed by atoms with Crippen LogP contribution in [0.5, 0.6) is 0 Å². The molecule has 0 aliphatic heterocycles. The Morgan fingerprint density at radius 1 is 1.42 bits per heavy atom. The minimum atomic E-state index is -0.776. The summed E-state index contributed by atoms with van der Waals surface area (Å²) in [5, 5.41) is 12.1. The first-order valence-electron chi connectivity index (χ1n) is 7.52. The van der Waals surface area contributed by atoms with Crippen molar-refractivity contribution in [2.75, 3.05) is 13.2 Å². The van der Waals surface area contributed by atoms with Gasteiger partial charge in [0.15, 0.2) is 0 Å². The molecular weight excluding hydrogens is 242 g/mol. The van der Waals surface area contributed by atoms with Crippen molar-refractivity contribution >= 4 is 5.97 Å². The molecule has 0 aromatic heterocycles. The molecule has 4 heteroatoms. The molecule has 0 bridgehead atoms. The molecular formula is C15H29NO3.